The summed E-state index contributed by atoms with van der Waals surface area (Å²) < 4.78 is 11.9. The average molecular weight is 598 g/mol. The molecule has 2 heterocycles. The third-order valence-electron chi connectivity index (χ3n) is 7.89. The second-order valence-electron chi connectivity index (χ2n) is 11.6. The molecule has 1 N–H and O–H groups in total. The van der Waals surface area contributed by atoms with Crippen LogP contribution in [-0.4, -0.2) is 55.0 Å². The van der Waals surface area contributed by atoms with Crippen molar-refractivity contribution >= 4 is 48.5 Å². The number of nitrogens with zero attached hydrogens (tertiary/aromatic N) is 2. The molecule has 1 saturated heterocycles. The van der Waals surface area contributed by atoms with Gasteiger partial charge >= 0.3 is 5.97 Å². The summed E-state index contributed by atoms with van der Waals surface area (Å²) >= 11 is 1.44. The fourth-order valence-corrected chi connectivity index (χ4v) is 6.95. The van der Waals surface area contributed by atoms with Crippen molar-refractivity contribution < 1.29 is 28.5 Å². The zero-order valence-electron chi connectivity index (χ0n) is 24.1. The van der Waals surface area contributed by atoms with Crippen molar-refractivity contribution in [3.63, 3.8) is 0 Å². The monoisotopic (exact) mass is 597 g/mol. The van der Waals surface area contributed by atoms with E-state index < -0.39 is 19.2 Å². The number of carbonyl (C=O) groups is 3. The number of nitro groups is 1. The van der Waals surface area contributed by atoms with Gasteiger partial charge in [-0.2, -0.15) is 0 Å². The Morgan fingerprint density at radius 1 is 1.10 bits per heavy atom. The SMILES string of the molecule is CNC(=O)c1ccc(C2=C(C(=O)OCc3ccc([N+](=O)[O-])cc3)N3C(=O)[C@H](CCO[Si](C)(C)C(C)(C)C)[C@H]3S2)cc1. The van der Waals surface area contributed by atoms with Crippen molar-refractivity contribution in [2.45, 2.75) is 57.3 Å². The Labute approximate surface area is 244 Å². The molecule has 10 nitrogen and oxygen atoms in total. The molecule has 4 rings (SSSR count). The summed E-state index contributed by atoms with van der Waals surface area (Å²) in [5.74, 6) is -1.34. The molecule has 41 heavy (non-hydrogen) atoms. The van der Waals surface area contributed by atoms with Crippen molar-refractivity contribution in [3.05, 3.63) is 81.0 Å². The Morgan fingerprint density at radius 2 is 1.73 bits per heavy atom. The Balaban J connectivity index is 1.54. The highest BCUT2D eigenvalue weighted by Crippen LogP contribution is 2.54. The van der Waals surface area contributed by atoms with Crippen molar-refractivity contribution in [2.24, 2.45) is 5.92 Å². The number of nitrogens with one attached hydrogen (secondary N) is 1. The van der Waals surface area contributed by atoms with E-state index in [2.05, 4.69) is 39.2 Å². The largest absolute Gasteiger partial charge is 0.456 e. The lowest BCUT2D eigenvalue weighted by atomic mass is 9.94. The first kappa shape index (κ1) is 30.5. The smallest absolute Gasteiger partial charge is 0.356 e. The highest BCUT2D eigenvalue weighted by Gasteiger charge is 2.56. The molecule has 0 saturated carbocycles. The van der Waals surface area contributed by atoms with Gasteiger partial charge in [-0.15, -0.1) is 0 Å². The molecule has 218 valence electrons. The molecular formula is C29H35N3O7SSi. The van der Waals surface area contributed by atoms with Gasteiger partial charge in [0, 0.05) is 36.3 Å². The number of esters is 1. The number of benzene rings is 2. The highest BCUT2D eigenvalue weighted by atomic mass is 32.2. The Kier molecular flexibility index (Phi) is 8.76. The van der Waals surface area contributed by atoms with E-state index in [9.17, 15) is 24.5 Å². The van der Waals surface area contributed by atoms with Crippen LogP contribution in [0.2, 0.25) is 18.1 Å². The number of amides is 2. The molecule has 2 aromatic rings. The van der Waals surface area contributed by atoms with Gasteiger partial charge in [0.25, 0.3) is 11.6 Å². The van der Waals surface area contributed by atoms with Crippen LogP contribution in [0.1, 0.15) is 48.7 Å². The van der Waals surface area contributed by atoms with Crippen molar-refractivity contribution in [1.82, 2.24) is 10.2 Å². The molecule has 0 aromatic heterocycles. The Hall–Kier alpha value is -3.48. The van der Waals surface area contributed by atoms with Gasteiger partial charge in [-0.05, 0) is 59.9 Å². The molecule has 0 unspecified atom stereocenters. The Morgan fingerprint density at radius 3 is 2.29 bits per heavy atom. The fourth-order valence-electron chi connectivity index (χ4n) is 4.35. The number of ether oxygens (including phenoxy) is 1. The lowest BCUT2D eigenvalue weighted by molar-refractivity contribution is -0.384. The number of nitro benzene ring substituents is 1. The minimum atomic E-state index is -1.97. The van der Waals surface area contributed by atoms with E-state index in [1.54, 1.807) is 31.3 Å². The van der Waals surface area contributed by atoms with Crippen LogP contribution < -0.4 is 5.32 Å². The van der Waals surface area contributed by atoms with Gasteiger partial charge in [-0.25, -0.2) is 4.79 Å². The van der Waals surface area contributed by atoms with Gasteiger partial charge in [0.05, 0.1) is 16.2 Å². The maximum Gasteiger partial charge on any atom is 0.356 e. The predicted octanol–water partition coefficient (Wildman–Crippen LogP) is 5.31. The molecule has 0 aliphatic carbocycles. The van der Waals surface area contributed by atoms with Gasteiger partial charge in [0.1, 0.15) is 12.3 Å². The van der Waals surface area contributed by atoms with Gasteiger partial charge < -0.3 is 14.5 Å². The van der Waals surface area contributed by atoms with E-state index in [0.29, 0.717) is 34.6 Å². The first-order chi connectivity index (χ1) is 19.2. The van der Waals surface area contributed by atoms with Crippen LogP contribution in [0, 0.1) is 16.0 Å². The van der Waals surface area contributed by atoms with Crippen LogP contribution in [-0.2, 0) is 25.4 Å². The number of hydrogen-bond acceptors (Lipinski definition) is 8. The van der Waals surface area contributed by atoms with Crippen LogP contribution in [0.25, 0.3) is 4.91 Å². The predicted molar refractivity (Wildman–Crippen MR) is 159 cm³/mol. The average Bonchev–Trinajstić information content (AvgIpc) is 3.29. The van der Waals surface area contributed by atoms with E-state index >= 15 is 0 Å². The number of thioether (sulfide) groups is 1. The van der Waals surface area contributed by atoms with E-state index in [1.165, 1.54) is 40.9 Å². The second kappa shape index (κ2) is 11.8. The number of β-lactam (4-membered cyclic amide) rings is 1. The molecule has 2 amide bonds. The number of fused-ring (bicyclic) bond motifs is 1. The summed E-state index contributed by atoms with van der Waals surface area (Å²) in [4.78, 5) is 51.3. The third kappa shape index (κ3) is 6.24. The standard InChI is InChI=1S/C29H35N3O7SSi/c1-29(2,3)41(5,6)39-16-15-22-26(34)31-23(28(35)38-17-18-7-13-21(14-8-18)32(36)37)24(40-27(22)31)19-9-11-20(12-10-19)25(33)30-4/h7-14,22,27H,15-17H2,1-6H3,(H,30,33)/t22-,27+/m0/s1. The molecule has 0 radical (unpaired) electrons. The first-order valence-electron chi connectivity index (χ1n) is 13.4. The zero-order chi connectivity index (χ0) is 30.1. The zero-order valence-corrected chi connectivity index (χ0v) is 25.9. The summed E-state index contributed by atoms with van der Waals surface area (Å²) in [6, 6.07) is 12.6. The van der Waals surface area contributed by atoms with Crippen molar-refractivity contribution in [1.29, 1.82) is 0 Å². The molecule has 12 heteroatoms. The second-order valence-corrected chi connectivity index (χ2v) is 17.5. The molecule has 2 aliphatic rings. The number of rotatable bonds is 10. The topological polar surface area (TPSA) is 128 Å². The third-order valence-corrected chi connectivity index (χ3v) is 13.9. The molecule has 0 spiro atoms. The maximum absolute atomic E-state index is 13.4. The quantitative estimate of drug-likeness (QED) is 0.128. The number of hydrogen-bond donors (Lipinski definition) is 1. The van der Waals surface area contributed by atoms with Crippen molar-refractivity contribution in [3.8, 4) is 0 Å². The van der Waals surface area contributed by atoms with E-state index in [1.807, 2.05) is 0 Å². The number of carbonyl (C=O) groups excluding carboxylic acids is 3. The van der Waals surface area contributed by atoms with E-state index in [-0.39, 0.29) is 46.1 Å². The molecule has 1 fully saturated rings. The van der Waals surface area contributed by atoms with Crippen LogP contribution in [0.3, 0.4) is 0 Å². The minimum absolute atomic E-state index is 0.0565. The highest BCUT2D eigenvalue weighted by molar-refractivity contribution is 8.09. The van der Waals surface area contributed by atoms with Crippen molar-refractivity contribution in [2.75, 3.05) is 13.7 Å². The summed E-state index contributed by atoms with van der Waals surface area (Å²) in [6.45, 7) is 11.2. The van der Waals surface area contributed by atoms with Gasteiger partial charge in [-0.3, -0.25) is 24.6 Å². The summed E-state index contributed by atoms with van der Waals surface area (Å²) in [5, 5.41) is 13.3. The first-order valence-corrected chi connectivity index (χ1v) is 17.1. The Bertz CT molecular complexity index is 1380. The minimum Gasteiger partial charge on any atom is -0.456 e. The van der Waals surface area contributed by atoms with Crippen LogP contribution in [0.15, 0.2) is 54.2 Å². The van der Waals surface area contributed by atoms with Gasteiger partial charge in [0.2, 0.25) is 5.91 Å². The normalized spacial score (nSPS) is 18.6. The molecule has 2 aliphatic heterocycles. The van der Waals surface area contributed by atoms with Gasteiger partial charge in [-0.1, -0.05) is 44.7 Å². The van der Waals surface area contributed by atoms with E-state index in [4.69, 9.17) is 9.16 Å². The lowest BCUT2D eigenvalue weighted by Crippen LogP contribution is -2.57. The fraction of sp³-hybridized carbons (Fsp3) is 0.414. The summed E-state index contributed by atoms with van der Waals surface area (Å²) in [6.07, 6.45) is 0.549. The summed E-state index contributed by atoms with van der Waals surface area (Å²) in [7, 11) is -0.419. The van der Waals surface area contributed by atoms with Crippen LogP contribution in [0.5, 0.6) is 0 Å². The van der Waals surface area contributed by atoms with Crippen LogP contribution in [0.4, 0.5) is 5.69 Å². The molecular weight excluding hydrogens is 562 g/mol. The summed E-state index contributed by atoms with van der Waals surface area (Å²) in [5.41, 5.74) is 1.86. The molecule has 2 atom stereocenters. The maximum atomic E-state index is 13.4. The molecule has 0 bridgehead atoms. The molecule has 2 aromatic carbocycles. The van der Waals surface area contributed by atoms with Crippen LogP contribution >= 0.6 is 11.8 Å². The van der Waals surface area contributed by atoms with Gasteiger partial charge in [0.15, 0.2) is 8.32 Å². The lowest BCUT2D eigenvalue weighted by Gasteiger charge is -2.43. The van der Waals surface area contributed by atoms with E-state index in [0.717, 1.165) is 0 Å². The number of non-ortho nitro benzene ring substituents is 1.